The second kappa shape index (κ2) is 5.69. The van der Waals surface area contributed by atoms with Crippen LogP contribution in [-0.4, -0.2) is 47.6 Å². The number of carboxylic acid groups (broad SMARTS) is 1. The molecule has 110 valence electrons. The Hall–Kier alpha value is -1.15. The molecule has 1 saturated heterocycles. The molecule has 2 rings (SSSR count). The van der Waals surface area contributed by atoms with Crippen LogP contribution in [0, 0.1) is 0 Å². The molecule has 8 heteroatoms. The van der Waals surface area contributed by atoms with E-state index in [-0.39, 0.29) is 29.3 Å². The first-order valence-corrected chi connectivity index (χ1v) is 7.83. The number of hydrogen-bond donors (Lipinski definition) is 2. The van der Waals surface area contributed by atoms with Crippen molar-refractivity contribution in [2.45, 2.75) is 29.9 Å². The Bertz CT molecular complexity index is 618. The number of carbonyl (C=O) groups is 1. The highest BCUT2D eigenvalue weighted by Crippen LogP contribution is 2.29. The van der Waals surface area contributed by atoms with Gasteiger partial charge in [-0.25, -0.2) is 8.42 Å². The predicted molar refractivity (Wildman–Crippen MR) is 72.0 cm³/mol. The van der Waals surface area contributed by atoms with Gasteiger partial charge >= 0.3 is 5.97 Å². The van der Waals surface area contributed by atoms with Crippen molar-refractivity contribution in [3.8, 4) is 0 Å². The first kappa shape index (κ1) is 15.2. The molecule has 0 unspecified atom stereocenters. The Kier molecular flexibility index (Phi) is 4.33. The Morgan fingerprint density at radius 2 is 2.00 bits per heavy atom. The minimum atomic E-state index is -4.00. The third kappa shape index (κ3) is 2.80. The number of hydrogen-bond acceptors (Lipinski definition) is 4. The highest BCUT2D eigenvalue weighted by Gasteiger charge is 2.40. The van der Waals surface area contributed by atoms with Gasteiger partial charge in [0.2, 0.25) is 10.0 Å². The van der Waals surface area contributed by atoms with Crippen molar-refractivity contribution in [2.24, 2.45) is 0 Å². The van der Waals surface area contributed by atoms with E-state index in [0.29, 0.717) is 0 Å². The molecule has 1 aliphatic rings. The molecule has 20 heavy (non-hydrogen) atoms. The van der Waals surface area contributed by atoms with Crippen molar-refractivity contribution in [1.82, 2.24) is 4.31 Å². The zero-order chi connectivity index (χ0) is 14.9. The topological polar surface area (TPSA) is 94.9 Å². The highest BCUT2D eigenvalue weighted by molar-refractivity contribution is 7.89. The van der Waals surface area contributed by atoms with Gasteiger partial charge in [-0.15, -0.1) is 0 Å². The lowest BCUT2D eigenvalue weighted by atomic mass is 10.0. The Balaban J connectivity index is 2.42. The van der Waals surface area contributed by atoms with Crippen LogP contribution in [0.4, 0.5) is 0 Å². The van der Waals surface area contributed by atoms with E-state index in [1.54, 1.807) is 6.07 Å². The van der Waals surface area contributed by atoms with Crippen LogP contribution in [0.2, 0.25) is 5.02 Å². The van der Waals surface area contributed by atoms with Crippen LogP contribution in [0.3, 0.4) is 0 Å². The van der Waals surface area contributed by atoms with Crippen LogP contribution in [0.5, 0.6) is 0 Å². The fourth-order valence-corrected chi connectivity index (χ4v) is 4.32. The van der Waals surface area contributed by atoms with Crippen LogP contribution in [0.15, 0.2) is 29.2 Å². The normalized spacial score (nSPS) is 24.5. The van der Waals surface area contributed by atoms with Gasteiger partial charge < -0.3 is 10.2 Å². The third-order valence-corrected chi connectivity index (χ3v) is 5.64. The number of piperidine rings is 1. The van der Waals surface area contributed by atoms with E-state index in [0.717, 1.165) is 4.31 Å². The molecule has 2 atom stereocenters. The maximum absolute atomic E-state index is 12.5. The van der Waals surface area contributed by atoms with Gasteiger partial charge in [-0.05, 0) is 18.6 Å². The van der Waals surface area contributed by atoms with Gasteiger partial charge in [0.05, 0.1) is 11.1 Å². The van der Waals surface area contributed by atoms with E-state index >= 15 is 0 Å². The number of aliphatic hydroxyl groups is 1. The monoisotopic (exact) mass is 319 g/mol. The van der Waals surface area contributed by atoms with Gasteiger partial charge in [-0.1, -0.05) is 23.7 Å². The summed E-state index contributed by atoms with van der Waals surface area (Å²) in [6.45, 7) is -0.0499. The van der Waals surface area contributed by atoms with E-state index in [9.17, 15) is 18.3 Å². The van der Waals surface area contributed by atoms with Gasteiger partial charge in [0.1, 0.15) is 10.9 Å². The molecule has 6 nitrogen and oxygen atoms in total. The van der Waals surface area contributed by atoms with Crippen LogP contribution in [-0.2, 0) is 14.8 Å². The van der Waals surface area contributed by atoms with Gasteiger partial charge in [0.15, 0.2) is 0 Å². The van der Waals surface area contributed by atoms with Crippen molar-refractivity contribution < 1.29 is 23.4 Å². The summed E-state index contributed by atoms with van der Waals surface area (Å²) in [5, 5.41) is 18.7. The lowest BCUT2D eigenvalue weighted by molar-refractivity contribution is -0.143. The quantitative estimate of drug-likeness (QED) is 0.864. The lowest BCUT2D eigenvalue weighted by Gasteiger charge is -2.34. The van der Waals surface area contributed by atoms with Crippen molar-refractivity contribution in [2.75, 3.05) is 6.54 Å². The number of carboxylic acids is 1. The molecule has 1 aromatic carbocycles. The number of nitrogens with zero attached hydrogens (tertiary/aromatic N) is 1. The van der Waals surface area contributed by atoms with Crippen molar-refractivity contribution in [3.63, 3.8) is 0 Å². The Morgan fingerprint density at radius 3 is 2.60 bits per heavy atom. The second-order valence-electron chi connectivity index (χ2n) is 4.58. The summed E-state index contributed by atoms with van der Waals surface area (Å²) in [5.74, 6) is -1.28. The number of rotatable bonds is 3. The average Bonchev–Trinajstić information content (AvgIpc) is 2.38. The first-order chi connectivity index (χ1) is 9.34. The summed E-state index contributed by atoms with van der Waals surface area (Å²) >= 11 is 5.88. The molecule has 1 heterocycles. The van der Waals surface area contributed by atoms with Crippen LogP contribution in [0.25, 0.3) is 0 Å². The molecule has 0 spiro atoms. The zero-order valence-corrected chi connectivity index (χ0v) is 12.0. The molecule has 0 aromatic heterocycles. The molecular weight excluding hydrogens is 306 g/mol. The molecule has 0 radical (unpaired) electrons. The fraction of sp³-hybridized carbons (Fsp3) is 0.417. The zero-order valence-electron chi connectivity index (χ0n) is 10.4. The molecular formula is C12H14ClNO5S. The van der Waals surface area contributed by atoms with Gasteiger partial charge in [0.25, 0.3) is 0 Å². The summed E-state index contributed by atoms with van der Waals surface area (Å²) in [7, 11) is -4.00. The maximum atomic E-state index is 12.5. The number of aliphatic carboxylic acids is 1. The number of aliphatic hydroxyl groups excluding tert-OH is 1. The van der Waals surface area contributed by atoms with Crippen LogP contribution < -0.4 is 0 Å². The third-order valence-electron chi connectivity index (χ3n) is 3.23. The summed E-state index contributed by atoms with van der Waals surface area (Å²) in [6.07, 6.45) is -0.735. The summed E-state index contributed by atoms with van der Waals surface area (Å²) < 4.78 is 25.9. The van der Waals surface area contributed by atoms with Crippen molar-refractivity contribution >= 4 is 27.6 Å². The Labute approximate surface area is 121 Å². The van der Waals surface area contributed by atoms with Gasteiger partial charge in [0, 0.05) is 13.0 Å². The van der Waals surface area contributed by atoms with Crippen molar-refractivity contribution in [1.29, 1.82) is 0 Å². The molecule has 1 aromatic rings. The minimum absolute atomic E-state index is 0.0442. The van der Waals surface area contributed by atoms with Gasteiger partial charge in [-0.3, -0.25) is 4.79 Å². The second-order valence-corrected chi connectivity index (χ2v) is 6.84. The van der Waals surface area contributed by atoms with Crippen molar-refractivity contribution in [3.05, 3.63) is 29.3 Å². The highest BCUT2D eigenvalue weighted by atomic mass is 35.5. The summed E-state index contributed by atoms with van der Waals surface area (Å²) in [6, 6.07) is 4.61. The van der Waals surface area contributed by atoms with E-state index in [1.807, 2.05) is 0 Å². The smallest absolute Gasteiger partial charge is 0.322 e. The van der Waals surface area contributed by atoms with E-state index < -0.39 is 28.1 Å². The molecule has 0 saturated carbocycles. The molecule has 2 N–H and O–H groups in total. The van der Waals surface area contributed by atoms with E-state index in [2.05, 4.69) is 0 Å². The minimum Gasteiger partial charge on any atom is -0.480 e. The predicted octanol–water partition coefficient (Wildman–Crippen LogP) is 0.939. The summed E-state index contributed by atoms with van der Waals surface area (Å²) in [5.41, 5.74) is 0. The SMILES string of the molecule is O=C(O)[C@H]1C[C@@H](O)CCN1S(=O)(=O)c1ccccc1Cl. The van der Waals surface area contributed by atoms with E-state index in [4.69, 9.17) is 16.7 Å². The maximum Gasteiger partial charge on any atom is 0.322 e. The molecule has 0 amide bonds. The largest absolute Gasteiger partial charge is 0.480 e. The van der Waals surface area contributed by atoms with Gasteiger partial charge in [-0.2, -0.15) is 4.31 Å². The average molecular weight is 320 g/mol. The molecule has 0 aliphatic carbocycles. The van der Waals surface area contributed by atoms with E-state index in [1.165, 1.54) is 18.2 Å². The lowest BCUT2D eigenvalue weighted by Crippen LogP contribution is -2.51. The first-order valence-electron chi connectivity index (χ1n) is 6.01. The van der Waals surface area contributed by atoms with Crippen LogP contribution >= 0.6 is 11.6 Å². The number of benzene rings is 1. The standard InChI is InChI=1S/C12H14ClNO5S/c13-9-3-1-2-4-11(9)20(18,19)14-6-5-8(15)7-10(14)12(16)17/h1-4,8,10,15H,5-7H2,(H,16,17)/t8-,10+/m0/s1. The number of sulfonamides is 1. The number of halogens is 1. The summed E-state index contributed by atoms with van der Waals surface area (Å²) in [4.78, 5) is 11.1. The molecule has 0 bridgehead atoms. The fourth-order valence-electron chi connectivity index (χ4n) is 2.22. The Morgan fingerprint density at radius 1 is 1.35 bits per heavy atom. The van der Waals surface area contributed by atoms with Crippen LogP contribution in [0.1, 0.15) is 12.8 Å². The molecule has 1 fully saturated rings. The molecule has 1 aliphatic heterocycles.